The van der Waals surface area contributed by atoms with Gasteiger partial charge in [-0.2, -0.15) is 0 Å². The van der Waals surface area contributed by atoms with Gasteiger partial charge in [0.15, 0.2) is 0 Å². The summed E-state index contributed by atoms with van der Waals surface area (Å²) in [5.74, 6) is -1.78. The molecule has 4 amide bonds. The van der Waals surface area contributed by atoms with Gasteiger partial charge in [0.25, 0.3) is 0 Å². The minimum absolute atomic E-state index is 0.0486. The lowest BCUT2D eigenvalue weighted by atomic mass is 10.2. The van der Waals surface area contributed by atoms with Crippen molar-refractivity contribution in [3.8, 4) is 0 Å². The summed E-state index contributed by atoms with van der Waals surface area (Å²) in [7, 11) is 0. The smallest absolute Gasteiger partial charge is 0.333 e. The van der Waals surface area contributed by atoms with Gasteiger partial charge in [-0.15, -0.1) is 0 Å². The number of ether oxygens (including phenoxy) is 1. The first-order chi connectivity index (χ1) is 9.38. The molecule has 1 rings (SSSR count). The number of barbiturate groups is 1. The van der Waals surface area contributed by atoms with Crippen LogP contribution in [0, 0.1) is 0 Å². The second-order valence-corrected chi connectivity index (χ2v) is 4.26. The van der Waals surface area contributed by atoms with Crippen LogP contribution < -0.4 is 5.73 Å². The number of imide groups is 2. The molecule has 8 nitrogen and oxygen atoms in total. The van der Waals surface area contributed by atoms with Gasteiger partial charge in [-0.25, -0.2) is 9.59 Å². The largest absolute Gasteiger partial charge is 0.460 e. The summed E-state index contributed by atoms with van der Waals surface area (Å²) < 4.78 is 4.81. The third-order valence-electron chi connectivity index (χ3n) is 2.62. The van der Waals surface area contributed by atoms with Crippen LogP contribution >= 0.6 is 0 Å². The maximum Gasteiger partial charge on any atom is 0.333 e. The Hall–Kier alpha value is -2.22. The van der Waals surface area contributed by atoms with Crippen LogP contribution in [0.4, 0.5) is 4.79 Å². The molecule has 8 heteroatoms. The molecule has 0 aromatic rings. The second-order valence-electron chi connectivity index (χ2n) is 4.26. The summed E-state index contributed by atoms with van der Waals surface area (Å²) >= 11 is 0. The fourth-order valence-corrected chi connectivity index (χ4v) is 1.60. The fraction of sp³-hybridized carbons (Fsp3) is 0.500. The van der Waals surface area contributed by atoms with E-state index in [-0.39, 0.29) is 38.2 Å². The van der Waals surface area contributed by atoms with E-state index in [4.69, 9.17) is 10.5 Å². The molecule has 1 aliphatic rings. The SMILES string of the molecule is C=C(C)C(=O)OCCN1C(=O)CC(=O)N(CCN)C1=O. The fourth-order valence-electron chi connectivity index (χ4n) is 1.60. The minimum atomic E-state index is -0.733. The number of amides is 4. The quantitative estimate of drug-likeness (QED) is 0.390. The topological polar surface area (TPSA) is 110 Å². The molecular weight excluding hydrogens is 266 g/mol. The van der Waals surface area contributed by atoms with E-state index in [0.29, 0.717) is 0 Å². The molecule has 110 valence electrons. The molecule has 0 unspecified atom stereocenters. The molecule has 0 aromatic carbocycles. The number of hydrogen-bond donors (Lipinski definition) is 1. The van der Waals surface area contributed by atoms with Crippen molar-refractivity contribution in [2.75, 3.05) is 26.2 Å². The molecule has 0 bridgehead atoms. The maximum absolute atomic E-state index is 11.9. The number of hydrogen-bond acceptors (Lipinski definition) is 6. The highest BCUT2D eigenvalue weighted by molar-refractivity contribution is 6.14. The predicted octanol–water partition coefficient (Wildman–Crippen LogP) is -0.755. The van der Waals surface area contributed by atoms with Crippen molar-refractivity contribution in [3.63, 3.8) is 0 Å². The van der Waals surface area contributed by atoms with Crippen LogP contribution in [-0.2, 0) is 19.1 Å². The Morgan fingerprint density at radius 1 is 1.25 bits per heavy atom. The summed E-state index contributed by atoms with van der Waals surface area (Å²) in [4.78, 5) is 48.1. The lowest BCUT2D eigenvalue weighted by molar-refractivity contribution is -0.146. The van der Waals surface area contributed by atoms with Gasteiger partial charge in [-0.3, -0.25) is 19.4 Å². The lowest BCUT2D eigenvalue weighted by Crippen LogP contribution is -2.56. The Labute approximate surface area is 116 Å². The molecule has 0 radical (unpaired) electrons. The lowest BCUT2D eigenvalue weighted by Gasteiger charge is -2.32. The summed E-state index contributed by atoms with van der Waals surface area (Å²) in [5, 5.41) is 0. The van der Waals surface area contributed by atoms with Crippen LogP contribution in [0.1, 0.15) is 13.3 Å². The molecule has 1 saturated heterocycles. The van der Waals surface area contributed by atoms with Gasteiger partial charge < -0.3 is 10.5 Å². The van der Waals surface area contributed by atoms with E-state index in [9.17, 15) is 19.2 Å². The molecule has 1 heterocycles. The first-order valence-corrected chi connectivity index (χ1v) is 6.06. The van der Waals surface area contributed by atoms with Gasteiger partial charge in [-0.1, -0.05) is 6.58 Å². The van der Waals surface area contributed by atoms with Crippen LogP contribution in [0.15, 0.2) is 12.2 Å². The van der Waals surface area contributed by atoms with Gasteiger partial charge in [0.2, 0.25) is 11.8 Å². The number of carbonyl (C=O) groups excluding carboxylic acids is 4. The Bertz CT molecular complexity index is 460. The van der Waals surface area contributed by atoms with Crippen molar-refractivity contribution in [2.45, 2.75) is 13.3 Å². The van der Waals surface area contributed by atoms with Gasteiger partial charge in [0, 0.05) is 18.7 Å². The molecule has 20 heavy (non-hydrogen) atoms. The van der Waals surface area contributed by atoms with Gasteiger partial charge in [0.05, 0.1) is 6.54 Å². The second kappa shape index (κ2) is 6.80. The minimum Gasteiger partial charge on any atom is -0.460 e. The maximum atomic E-state index is 11.9. The first-order valence-electron chi connectivity index (χ1n) is 6.06. The third kappa shape index (κ3) is 3.64. The highest BCUT2D eigenvalue weighted by atomic mass is 16.5. The zero-order valence-corrected chi connectivity index (χ0v) is 11.3. The summed E-state index contributed by atoms with van der Waals surface area (Å²) in [6, 6.07) is -0.733. The van der Waals surface area contributed by atoms with Gasteiger partial charge in [0.1, 0.15) is 13.0 Å². The van der Waals surface area contributed by atoms with Crippen LogP contribution in [0.2, 0.25) is 0 Å². The van der Waals surface area contributed by atoms with Crippen LogP contribution in [-0.4, -0.2) is 59.9 Å². The molecule has 1 fully saturated rings. The summed E-state index contributed by atoms with van der Waals surface area (Å²) in [5.41, 5.74) is 5.53. The molecule has 0 atom stereocenters. The van der Waals surface area contributed by atoms with Crippen molar-refractivity contribution < 1.29 is 23.9 Å². The zero-order valence-electron chi connectivity index (χ0n) is 11.3. The average Bonchev–Trinajstić information content (AvgIpc) is 2.37. The number of esters is 1. The van der Waals surface area contributed by atoms with E-state index in [1.54, 1.807) is 0 Å². The van der Waals surface area contributed by atoms with E-state index < -0.39 is 23.8 Å². The Morgan fingerprint density at radius 3 is 2.30 bits per heavy atom. The zero-order chi connectivity index (χ0) is 15.3. The summed E-state index contributed by atoms with van der Waals surface area (Å²) in [6.45, 7) is 4.81. The van der Waals surface area contributed by atoms with E-state index in [1.807, 2.05) is 0 Å². The number of urea groups is 1. The molecule has 0 aromatic heterocycles. The van der Waals surface area contributed by atoms with E-state index in [2.05, 4.69) is 6.58 Å². The van der Waals surface area contributed by atoms with Crippen LogP contribution in [0.25, 0.3) is 0 Å². The van der Waals surface area contributed by atoms with Gasteiger partial charge in [-0.05, 0) is 6.92 Å². The standard InChI is InChI=1S/C12H17N3O5/c1-8(2)11(18)20-6-5-15-10(17)7-9(16)14(4-3-13)12(15)19/h1,3-7,13H2,2H3. The van der Waals surface area contributed by atoms with Crippen molar-refractivity contribution >= 4 is 23.8 Å². The Morgan fingerprint density at radius 2 is 1.80 bits per heavy atom. The Balaban J connectivity index is 2.61. The number of nitrogens with two attached hydrogens (primary N) is 1. The number of carbonyl (C=O) groups is 4. The monoisotopic (exact) mass is 283 g/mol. The van der Waals surface area contributed by atoms with Crippen LogP contribution in [0.5, 0.6) is 0 Å². The van der Waals surface area contributed by atoms with Crippen molar-refractivity contribution in [1.29, 1.82) is 0 Å². The predicted molar refractivity (Wildman–Crippen MR) is 68.3 cm³/mol. The highest BCUT2D eigenvalue weighted by Gasteiger charge is 2.37. The normalized spacial score (nSPS) is 15.6. The van der Waals surface area contributed by atoms with E-state index in [0.717, 1.165) is 9.80 Å². The van der Waals surface area contributed by atoms with Gasteiger partial charge >= 0.3 is 12.0 Å². The Kier molecular flexibility index (Phi) is 5.39. The highest BCUT2D eigenvalue weighted by Crippen LogP contribution is 2.11. The first kappa shape index (κ1) is 15.8. The molecule has 0 spiro atoms. The van der Waals surface area contributed by atoms with Crippen molar-refractivity contribution in [2.24, 2.45) is 5.73 Å². The molecular formula is C12H17N3O5. The van der Waals surface area contributed by atoms with E-state index in [1.165, 1.54) is 6.92 Å². The average molecular weight is 283 g/mol. The van der Waals surface area contributed by atoms with Crippen molar-refractivity contribution in [3.05, 3.63) is 12.2 Å². The van der Waals surface area contributed by atoms with E-state index >= 15 is 0 Å². The number of nitrogens with zero attached hydrogens (tertiary/aromatic N) is 2. The summed E-state index contributed by atoms with van der Waals surface area (Å²) in [6.07, 6.45) is -0.389. The third-order valence-corrected chi connectivity index (χ3v) is 2.62. The number of rotatable bonds is 6. The van der Waals surface area contributed by atoms with Crippen molar-refractivity contribution in [1.82, 2.24) is 9.80 Å². The molecule has 1 aliphatic heterocycles. The van der Waals surface area contributed by atoms with Crippen LogP contribution in [0.3, 0.4) is 0 Å². The molecule has 0 aliphatic carbocycles. The molecule has 0 saturated carbocycles. The molecule has 2 N–H and O–H groups in total.